The molecule has 1 aromatic heterocycles. The second-order valence-electron chi connectivity index (χ2n) is 5.10. The van der Waals surface area contributed by atoms with Gasteiger partial charge in [0.25, 0.3) is 0 Å². The van der Waals surface area contributed by atoms with Gasteiger partial charge in [0, 0.05) is 19.6 Å². The molecule has 1 atom stereocenters. The molecule has 1 aromatic rings. The first-order valence-electron chi connectivity index (χ1n) is 6.82. The van der Waals surface area contributed by atoms with Crippen molar-refractivity contribution in [2.24, 2.45) is 0 Å². The fourth-order valence-corrected chi connectivity index (χ4v) is 2.39. The van der Waals surface area contributed by atoms with Gasteiger partial charge >= 0.3 is 6.01 Å². The monoisotopic (exact) mass is 265 g/mol. The number of amides is 1. The fraction of sp³-hybridized carbons (Fsp3) is 0.750. The van der Waals surface area contributed by atoms with E-state index in [0.29, 0.717) is 24.5 Å². The normalized spacial score (nSPS) is 22.8. The number of hydrogen-bond acceptors (Lipinski definition) is 6. The molecule has 7 heteroatoms. The smallest absolute Gasteiger partial charge is 0.318 e. The Kier molecular flexibility index (Phi) is 3.37. The minimum atomic E-state index is -0.185. The third kappa shape index (κ3) is 2.70. The Morgan fingerprint density at radius 3 is 3.00 bits per heavy atom. The summed E-state index contributed by atoms with van der Waals surface area (Å²) in [5.41, 5.74) is 0. The number of aromatic nitrogens is 2. The molecular formula is C12H19N5O2. The van der Waals surface area contributed by atoms with Gasteiger partial charge in [0.2, 0.25) is 11.8 Å². The second kappa shape index (κ2) is 5.16. The molecule has 2 N–H and O–H groups in total. The standard InChI is InChI=1S/C12H19N5O2/c1-13-11(18)9-3-2-6-17(9)12-16-15-10(19-12)7-14-8-4-5-8/h8-9,14H,2-7H2,1H3,(H,13,18). The van der Waals surface area contributed by atoms with Gasteiger partial charge < -0.3 is 20.0 Å². The van der Waals surface area contributed by atoms with Gasteiger partial charge in [0.1, 0.15) is 6.04 Å². The van der Waals surface area contributed by atoms with Crippen molar-refractivity contribution in [3.63, 3.8) is 0 Å². The van der Waals surface area contributed by atoms with Gasteiger partial charge in [-0.2, -0.15) is 0 Å². The minimum absolute atomic E-state index is 0.00774. The van der Waals surface area contributed by atoms with E-state index in [0.717, 1.165) is 19.4 Å². The number of carbonyl (C=O) groups is 1. The van der Waals surface area contributed by atoms with Gasteiger partial charge in [-0.15, -0.1) is 5.10 Å². The topological polar surface area (TPSA) is 83.3 Å². The molecule has 1 aliphatic heterocycles. The first kappa shape index (κ1) is 12.4. The lowest BCUT2D eigenvalue weighted by Crippen LogP contribution is -2.42. The molecule has 2 heterocycles. The van der Waals surface area contributed by atoms with Crippen LogP contribution in [0, 0.1) is 0 Å². The summed E-state index contributed by atoms with van der Waals surface area (Å²) in [6, 6.07) is 0.883. The zero-order valence-electron chi connectivity index (χ0n) is 11.1. The zero-order valence-corrected chi connectivity index (χ0v) is 11.1. The first-order valence-corrected chi connectivity index (χ1v) is 6.82. The number of hydrogen-bond donors (Lipinski definition) is 2. The van der Waals surface area contributed by atoms with Crippen molar-refractivity contribution in [1.82, 2.24) is 20.8 Å². The first-order chi connectivity index (χ1) is 9.28. The van der Waals surface area contributed by atoms with E-state index in [1.807, 2.05) is 4.90 Å². The Balaban J connectivity index is 1.65. The molecule has 104 valence electrons. The maximum atomic E-state index is 11.8. The molecule has 2 aliphatic rings. The summed E-state index contributed by atoms with van der Waals surface area (Å²) >= 11 is 0. The Morgan fingerprint density at radius 2 is 2.26 bits per heavy atom. The summed E-state index contributed by atoms with van der Waals surface area (Å²) in [5.74, 6) is 0.595. The van der Waals surface area contributed by atoms with Crippen molar-refractivity contribution in [2.45, 2.75) is 44.3 Å². The summed E-state index contributed by atoms with van der Waals surface area (Å²) in [6.45, 7) is 1.39. The van der Waals surface area contributed by atoms with Gasteiger partial charge in [-0.3, -0.25) is 4.79 Å². The highest BCUT2D eigenvalue weighted by atomic mass is 16.4. The molecule has 19 heavy (non-hydrogen) atoms. The highest BCUT2D eigenvalue weighted by Gasteiger charge is 2.33. The predicted octanol–water partition coefficient (Wildman–Crippen LogP) is 0.0364. The van der Waals surface area contributed by atoms with E-state index < -0.39 is 0 Å². The summed E-state index contributed by atoms with van der Waals surface area (Å²) in [4.78, 5) is 13.7. The van der Waals surface area contributed by atoms with Crippen LogP contribution in [0.25, 0.3) is 0 Å². The Morgan fingerprint density at radius 1 is 1.42 bits per heavy atom. The number of rotatable bonds is 5. The van der Waals surface area contributed by atoms with E-state index in [4.69, 9.17) is 4.42 Å². The molecule has 1 amide bonds. The van der Waals surface area contributed by atoms with Crippen molar-refractivity contribution in [1.29, 1.82) is 0 Å². The summed E-state index contributed by atoms with van der Waals surface area (Å²) in [7, 11) is 1.65. The molecule has 1 saturated heterocycles. The molecule has 1 unspecified atom stereocenters. The van der Waals surface area contributed by atoms with Crippen LogP contribution in [-0.4, -0.2) is 41.8 Å². The van der Waals surface area contributed by atoms with E-state index in [1.165, 1.54) is 12.8 Å². The third-order valence-corrected chi connectivity index (χ3v) is 3.62. The summed E-state index contributed by atoms with van der Waals surface area (Å²) in [5, 5.41) is 14.1. The minimum Gasteiger partial charge on any atom is -0.407 e. The fourth-order valence-electron chi connectivity index (χ4n) is 2.39. The number of nitrogens with zero attached hydrogens (tertiary/aromatic N) is 3. The van der Waals surface area contributed by atoms with Crippen LogP contribution in [0.3, 0.4) is 0 Å². The van der Waals surface area contributed by atoms with Gasteiger partial charge in [-0.1, -0.05) is 5.10 Å². The van der Waals surface area contributed by atoms with Crippen LogP contribution in [0.4, 0.5) is 6.01 Å². The van der Waals surface area contributed by atoms with Crippen LogP contribution in [-0.2, 0) is 11.3 Å². The maximum Gasteiger partial charge on any atom is 0.318 e. The van der Waals surface area contributed by atoms with E-state index in [-0.39, 0.29) is 11.9 Å². The molecule has 7 nitrogen and oxygen atoms in total. The Hall–Kier alpha value is -1.63. The van der Waals surface area contributed by atoms with Crippen molar-refractivity contribution in [3.8, 4) is 0 Å². The van der Waals surface area contributed by atoms with Gasteiger partial charge in [-0.25, -0.2) is 0 Å². The van der Waals surface area contributed by atoms with E-state index in [9.17, 15) is 4.79 Å². The lowest BCUT2D eigenvalue weighted by atomic mass is 10.2. The Bertz CT molecular complexity index is 457. The molecule has 0 bridgehead atoms. The van der Waals surface area contributed by atoms with Crippen LogP contribution in [0.1, 0.15) is 31.6 Å². The summed E-state index contributed by atoms with van der Waals surface area (Å²) in [6.07, 6.45) is 4.26. The average Bonchev–Trinajstić information content (AvgIpc) is 2.93. The predicted molar refractivity (Wildman–Crippen MR) is 68.6 cm³/mol. The number of nitrogens with one attached hydrogen (secondary N) is 2. The van der Waals surface area contributed by atoms with Crippen LogP contribution >= 0.6 is 0 Å². The molecule has 0 spiro atoms. The molecule has 3 rings (SSSR count). The van der Waals surface area contributed by atoms with Gasteiger partial charge in [0.15, 0.2) is 0 Å². The van der Waals surface area contributed by atoms with Crippen molar-refractivity contribution in [3.05, 3.63) is 5.89 Å². The lowest BCUT2D eigenvalue weighted by molar-refractivity contribution is -0.121. The second-order valence-corrected chi connectivity index (χ2v) is 5.10. The maximum absolute atomic E-state index is 11.8. The largest absolute Gasteiger partial charge is 0.407 e. The van der Waals surface area contributed by atoms with E-state index >= 15 is 0 Å². The highest BCUT2D eigenvalue weighted by molar-refractivity contribution is 5.84. The van der Waals surface area contributed by atoms with Gasteiger partial charge in [-0.05, 0) is 25.7 Å². The number of carbonyl (C=O) groups excluding carboxylic acids is 1. The van der Waals surface area contributed by atoms with Crippen molar-refractivity contribution >= 4 is 11.9 Å². The Labute approximate surface area is 111 Å². The molecule has 2 fully saturated rings. The highest BCUT2D eigenvalue weighted by Crippen LogP contribution is 2.25. The van der Waals surface area contributed by atoms with E-state index in [1.54, 1.807) is 7.05 Å². The quantitative estimate of drug-likeness (QED) is 0.782. The molecule has 0 radical (unpaired) electrons. The van der Waals surface area contributed by atoms with Gasteiger partial charge in [0.05, 0.1) is 6.54 Å². The van der Waals surface area contributed by atoms with Crippen LogP contribution in [0.2, 0.25) is 0 Å². The lowest BCUT2D eigenvalue weighted by Gasteiger charge is -2.20. The third-order valence-electron chi connectivity index (χ3n) is 3.62. The molecule has 1 saturated carbocycles. The van der Waals surface area contributed by atoms with Crippen LogP contribution in [0.15, 0.2) is 4.42 Å². The molecule has 0 aromatic carbocycles. The van der Waals surface area contributed by atoms with Crippen LogP contribution in [0.5, 0.6) is 0 Å². The molecule has 1 aliphatic carbocycles. The van der Waals surface area contributed by atoms with Crippen LogP contribution < -0.4 is 15.5 Å². The molecular weight excluding hydrogens is 246 g/mol. The van der Waals surface area contributed by atoms with E-state index in [2.05, 4.69) is 20.8 Å². The average molecular weight is 265 g/mol. The van der Waals surface area contributed by atoms with Crippen molar-refractivity contribution < 1.29 is 9.21 Å². The number of likely N-dealkylation sites (N-methyl/N-ethyl adjacent to an activating group) is 1. The zero-order chi connectivity index (χ0) is 13.2. The number of anilines is 1. The summed E-state index contributed by atoms with van der Waals surface area (Å²) < 4.78 is 5.63. The van der Waals surface area contributed by atoms with Crippen molar-refractivity contribution in [2.75, 3.05) is 18.5 Å². The SMILES string of the molecule is CNC(=O)C1CCCN1c1nnc(CNC2CC2)o1.